The summed E-state index contributed by atoms with van der Waals surface area (Å²) < 4.78 is 10.3. The molecule has 1 aliphatic heterocycles. The number of aliphatic hydroxyl groups excluding tert-OH is 5. The molecule has 0 aromatic rings. The van der Waals surface area contributed by atoms with E-state index in [4.69, 9.17) is 14.6 Å². The predicted molar refractivity (Wildman–Crippen MR) is 91.5 cm³/mol. The molecule has 7 heteroatoms. The lowest BCUT2D eigenvalue weighted by Crippen LogP contribution is -2.59. The van der Waals surface area contributed by atoms with Gasteiger partial charge in [-0.3, -0.25) is 0 Å². The van der Waals surface area contributed by atoms with Crippen molar-refractivity contribution in [2.75, 3.05) is 6.61 Å². The zero-order chi connectivity index (χ0) is 19.4. The monoisotopic (exact) mass is 362 g/mol. The fourth-order valence-corrected chi connectivity index (χ4v) is 2.06. The first-order valence-corrected chi connectivity index (χ1v) is 8.05. The molecule has 1 fully saturated rings. The maximum Gasteiger partial charge on any atom is 0.189 e. The van der Waals surface area contributed by atoms with Gasteiger partial charge in [-0.25, -0.2) is 0 Å². The quantitative estimate of drug-likeness (QED) is 0.218. The Morgan fingerprint density at radius 1 is 0.962 bits per heavy atom. The van der Waals surface area contributed by atoms with Crippen molar-refractivity contribution in [3.63, 3.8) is 0 Å². The van der Waals surface area contributed by atoms with Crippen LogP contribution < -0.4 is 0 Å². The lowest BCUT2D eigenvalue weighted by Gasteiger charge is -2.40. The summed E-state index contributed by atoms with van der Waals surface area (Å²) in [5.74, 6) is 20.7. The molecule has 0 saturated carbocycles. The molecule has 1 heterocycles. The molecule has 0 radical (unpaired) electrons. The largest absolute Gasteiger partial charge is 0.394 e. The van der Waals surface area contributed by atoms with Crippen molar-refractivity contribution in [3.05, 3.63) is 0 Å². The van der Waals surface area contributed by atoms with Crippen molar-refractivity contribution in [3.8, 4) is 47.4 Å². The van der Waals surface area contributed by atoms with Crippen LogP contribution in [0.15, 0.2) is 0 Å². The highest BCUT2D eigenvalue weighted by Gasteiger charge is 2.44. The summed E-state index contributed by atoms with van der Waals surface area (Å²) in [4.78, 5) is 0. The normalized spacial score (nSPS) is 28.0. The number of aliphatic hydroxyl groups is 5. The van der Waals surface area contributed by atoms with Crippen LogP contribution in [0.4, 0.5) is 0 Å². The number of hydrogen-bond donors (Lipinski definition) is 5. The molecule has 0 bridgehead atoms. The Balaban J connectivity index is 2.35. The topological polar surface area (TPSA) is 120 Å². The summed E-state index contributed by atoms with van der Waals surface area (Å²) in [5, 5.41) is 48.0. The maximum atomic E-state index is 9.83. The van der Waals surface area contributed by atoms with Gasteiger partial charge >= 0.3 is 0 Å². The van der Waals surface area contributed by atoms with Gasteiger partial charge in [-0.2, -0.15) is 0 Å². The summed E-state index contributed by atoms with van der Waals surface area (Å²) in [6.45, 7) is 1.12. The number of hydrogen-bond acceptors (Lipinski definition) is 7. The first-order valence-electron chi connectivity index (χ1n) is 8.05. The molecule has 1 aliphatic rings. The van der Waals surface area contributed by atoms with Crippen LogP contribution in [0, 0.1) is 47.4 Å². The Morgan fingerprint density at radius 2 is 1.62 bits per heavy atom. The van der Waals surface area contributed by atoms with E-state index in [-0.39, 0.29) is 6.42 Å². The van der Waals surface area contributed by atoms with E-state index in [0.29, 0.717) is 12.8 Å². The van der Waals surface area contributed by atoms with E-state index in [1.54, 1.807) is 6.92 Å². The van der Waals surface area contributed by atoms with Crippen molar-refractivity contribution < 1.29 is 35.0 Å². The SMILES string of the molecule is CC#CC#CC#CC#CCCCC(O)O[C@@H]1O[C@H](CO)[C@@H](O)[C@H](O)[C@H]1O. The van der Waals surface area contributed by atoms with Crippen molar-refractivity contribution in [1.82, 2.24) is 0 Å². The Labute approximate surface area is 152 Å². The zero-order valence-electron chi connectivity index (χ0n) is 14.3. The molecule has 5 N–H and O–H groups in total. The summed E-state index contributed by atoms with van der Waals surface area (Å²) in [7, 11) is 0. The minimum Gasteiger partial charge on any atom is -0.394 e. The van der Waals surface area contributed by atoms with Gasteiger partial charge in [0.15, 0.2) is 12.6 Å². The van der Waals surface area contributed by atoms with Crippen LogP contribution in [0.1, 0.15) is 26.2 Å². The third-order valence-corrected chi connectivity index (χ3v) is 3.42. The number of ether oxygens (including phenoxy) is 2. The second-order valence-electron chi connectivity index (χ2n) is 5.36. The first kappa shape index (κ1) is 22.0. The molecule has 1 saturated heterocycles. The van der Waals surface area contributed by atoms with Crippen molar-refractivity contribution in [1.29, 1.82) is 0 Å². The van der Waals surface area contributed by atoms with Crippen LogP contribution >= 0.6 is 0 Å². The van der Waals surface area contributed by atoms with Gasteiger partial charge in [-0.15, -0.1) is 0 Å². The van der Waals surface area contributed by atoms with Gasteiger partial charge in [0, 0.05) is 6.42 Å². The molecule has 0 aromatic heterocycles. The molecular weight excluding hydrogens is 340 g/mol. The highest BCUT2D eigenvalue weighted by molar-refractivity contribution is 5.39. The van der Waals surface area contributed by atoms with Gasteiger partial charge < -0.3 is 35.0 Å². The summed E-state index contributed by atoms with van der Waals surface area (Å²) >= 11 is 0. The van der Waals surface area contributed by atoms with E-state index in [0.717, 1.165) is 0 Å². The Morgan fingerprint density at radius 3 is 2.27 bits per heavy atom. The maximum absolute atomic E-state index is 9.83. The van der Waals surface area contributed by atoms with Crippen LogP contribution in [0.25, 0.3) is 0 Å². The van der Waals surface area contributed by atoms with E-state index >= 15 is 0 Å². The van der Waals surface area contributed by atoms with Gasteiger partial charge in [0.25, 0.3) is 0 Å². The zero-order valence-corrected chi connectivity index (χ0v) is 14.3. The highest BCUT2D eigenvalue weighted by Crippen LogP contribution is 2.23. The molecule has 7 nitrogen and oxygen atoms in total. The Bertz CT molecular complexity index is 672. The number of rotatable bonds is 6. The Kier molecular flexibility index (Phi) is 10.4. The van der Waals surface area contributed by atoms with E-state index in [2.05, 4.69) is 47.4 Å². The van der Waals surface area contributed by atoms with Crippen LogP contribution in [0.2, 0.25) is 0 Å². The van der Waals surface area contributed by atoms with Gasteiger partial charge in [0.2, 0.25) is 0 Å². The average molecular weight is 362 g/mol. The Hall–Kier alpha value is -2.04. The van der Waals surface area contributed by atoms with E-state index in [9.17, 15) is 20.4 Å². The predicted octanol–water partition coefficient (Wildman–Crippen LogP) is -1.67. The van der Waals surface area contributed by atoms with Crippen LogP contribution in [-0.2, 0) is 9.47 Å². The molecule has 6 atom stereocenters. The smallest absolute Gasteiger partial charge is 0.189 e. The van der Waals surface area contributed by atoms with Crippen molar-refractivity contribution in [2.45, 2.75) is 63.2 Å². The van der Waals surface area contributed by atoms with Gasteiger partial charge in [0.1, 0.15) is 24.4 Å². The summed E-state index contributed by atoms with van der Waals surface area (Å²) in [6.07, 6.45) is -7.09. The average Bonchev–Trinajstić information content (AvgIpc) is 2.63. The minimum absolute atomic E-state index is 0.211. The van der Waals surface area contributed by atoms with Crippen molar-refractivity contribution >= 4 is 0 Å². The van der Waals surface area contributed by atoms with Gasteiger partial charge in [0.05, 0.1) is 6.61 Å². The molecule has 0 aliphatic carbocycles. The molecule has 0 spiro atoms. The second-order valence-corrected chi connectivity index (χ2v) is 5.36. The van der Waals surface area contributed by atoms with Gasteiger partial charge in [-0.1, -0.05) is 11.8 Å². The summed E-state index contributed by atoms with van der Waals surface area (Å²) in [6, 6.07) is 0. The fraction of sp³-hybridized carbons (Fsp3) is 0.579. The van der Waals surface area contributed by atoms with E-state index in [1.165, 1.54) is 0 Å². The van der Waals surface area contributed by atoms with E-state index in [1.807, 2.05) is 0 Å². The molecule has 1 unspecified atom stereocenters. The van der Waals surface area contributed by atoms with Gasteiger partial charge in [-0.05, 0) is 55.3 Å². The lowest BCUT2D eigenvalue weighted by atomic mass is 9.99. The minimum atomic E-state index is -1.55. The third kappa shape index (κ3) is 7.46. The van der Waals surface area contributed by atoms with Crippen LogP contribution in [0.5, 0.6) is 0 Å². The highest BCUT2D eigenvalue weighted by atomic mass is 16.7. The molecule has 1 rings (SSSR count). The van der Waals surface area contributed by atoms with Crippen LogP contribution in [-0.4, -0.2) is 69.1 Å². The molecule has 0 aromatic carbocycles. The molecule has 140 valence electrons. The number of unbranched alkanes of at least 4 members (excludes halogenated alkanes) is 1. The third-order valence-electron chi connectivity index (χ3n) is 3.42. The molecule has 26 heavy (non-hydrogen) atoms. The standard InChI is InChI=1S/C19H22O7/c1-2-3-4-5-6-7-8-9-10-11-12-15(21)26-19-18(24)17(23)16(22)14(13-20)25-19/h14-24H,10-13H2,1H3/t14-,15?,16-,17+,18-,19+/m1/s1. The molecular formula is C19H22O7. The van der Waals surface area contributed by atoms with Crippen molar-refractivity contribution in [2.24, 2.45) is 0 Å². The lowest BCUT2D eigenvalue weighted by molar-refractivity contribution is -0.332. The summed E-state index contributed by atoms with van der Waals surface area (Å²) in [5.41, 5.74) is 0. The van der Waals surface area contributed by atoms with Crippen LogP contribution in [0.3, 0.4) is 0 Å². The van der Waals surface area contributed by atoms with E-state index < -0.39 is 43.6 Å². The molecule has 0 amide bonds. The first-order chi connectivity index (χ1) is 12.5. The fourth-order valence-electron chi connectivity index (χ4n) is 2.06. The second kappa shape index (κ2) is 12.3.